The number of halogens is 2. The molecular formula is C13H19F2NO. The first kappa shape index (κ1) is 14.1. The molecule has 0 aliphatic carbocycles. The van der Waals surface area contributed by atoms with E-state index in [1.165, 1.54) is 5.56 Å². The molecule has 0 amide bonds. The van der Waals surface area contributed by atoms with Gasteiger partial charge in [0.15, 0.2) is 0 Å². The molecule has 0 heterocycles. The molecule has 2 N–H and O–H groups in total. The van der Waals surface area contributed by atoms with E-state index in [-0.39, 0.29) is 6.54 Å². The Morgan fingerprint density at radius 1 is 1.18 bits per heavy atom. The summed E-state index contributed by atoms with van der Waals surface area (Å²) in [6, 6.07) is 8.00. The molecule has 4 heteroatoms. The smallest absolute Gasteiger partial charge is 0.265 e. The molecule has 0 aliphatic heterocycles. The van der Waals surface area contributed by atoms with E-state index in [0.717, 1.165) is 5.56 Å². The second-order valence-corrected chi connectivity index (χ2v) is 4.43. The van der Waals surface area contributed by atoms with E-state index in [4.69, 9.17) is 5.11 Å². The summed E-state index contributed by atoms with van der Waals surface area (Å²) < 4.78 is 24.0. The summed E-state index contributed by atoms with van der Waals surface area (Å²) in [5, 5.41) is 11.7. The van der Waals surface area contributed by atoms with Gasteiger partial charge in [-0.05, 0) is 17.0 Å². The molecular weight excluding hydrogens is 224 g/mol. The number of hydrogen-bond donors (Lipinski definition) is 2. The average molecular weight is 243 g/mol. The van der Waals surface area contributed by atoms with Crippen molar-refractivity contribution in [2.45, 2.75) is 38.8 Å². The van der Waals surface area contributed by atoms with Gasteiger partial charge in [0.05, 0.1) is 0 Å². The van der Waals surface area contributed by atoms with Gasteiger partial charge >= 0.3 is 0 Å². The number of aliphatic hydroxyl groups is 1. The summed E-state index contributed by atoms with van der Waals surface area (Å²) in [5.41, 5.74) is 2.28. The van der Waals surface area contributed by atoms with Crippen LogP contribution < -0.4 is 5.32 Å². The Hall–Kier alpha value is -1.00. The topological polar surface area (TPSA) is 32.3 Å². The summed E-state index contributed by atoms with van der Waals surface area (Å²) in [5.74, 6) is 0.484. The van der Waals surface area contributed by atoms with Crippen LogP contribution in [0.15, 0.2) is 24.3 Å². The van der Waals surface area contributed by atoms with Crippen LogP contribution in [0.1, 0.15) is 30.9 Å². The lowest BCUT2D eigenvalue weighted by molar-refractivity contribution is -0.00340. The molecule has 17 heavy (non-hydrogen) atoms. The van der Waals surface area contributed by atoms with E-state index in [9.17, 15) is 8.78 Å². The minimum absolute atomic E-state index is 0.0937. The summed E-state index contributed by atoms with van der Waals surface area (Å²) >= 11 is 0. The zero-order valence-corrected chi connectivity index (χ0v) is 10.2. The van der Waals surface area contributed by atoms with Crippen molar-refractivity contribution in [2.24, 2.45) is 0 Å². The highest BCUT2D eigenvalue weighted by molar-refractivity contribution is 5.24. The fourth-order valence-electron chi connectivity index (χ4n) is 1.47. The summed E-state index contributed by atoms with van der Waals surface area (Å²) in [6.45, 7) is 4.63. The van der Waals surface area contributed by atoms with Crippen molar-refractivity contribution < 1.29 is 13.9 Å². The highest BCUT2D eigenvalue weighted by Gasteiger charge is 2.15. The van der Waals surface area contributed by atoms with Gasteiger partial charge in [-0.15, -0.1) is 0 Å². The summed E-state index contributed by atoms with van der Waals surface area (Å²) in [7, 11) is 0. The molecule has 0 saturated carbocycles. The summed E-state index contributed by atoms with van der Waals surface area (Å²) in [4.78, 5) is 0. The van der Waals surface area contributed by atoms with Crippen molar-refractivity contribution in [3.05, 3.63) is 35.4 Å². The minimum Gasteiger partial charge on any atom is -0.386 e. The van der Waals surface area contributed by atoms with E-state index in [1.54, 1.807) is 0 Å². The molecule has 1 atom stereocenters. The Labute approximate surface area is 101 Å². The van der Waals surface area contributed by atoms with Crippen LogP contribution in [0.3, 0.4) is 0 Å². The molecule has 0 aromatic heterocycles. The highest BCUT2D eigenvalue weighted by Crippen LogP contribution is 2.14. The second kappa shape index (κ2) is 6.67. The van der Waals surface area contributed by atoms with E-state index in [1.807, 2.05) is 24.3 Å². The van der Waals surface area contributed by atoms with Crippen LogP contribution in [-0.2, 0) is 6.54 Å². The van der Waals surface area contributed by atoms with Gasteiger partial charge in [0.1, 0.15) is 6.10 Å². The molecule has 2 nitrogen and oxygen atoms in total. The van der Waals surface area contributed by atoms with Crippen molar-refractivity contribution in [1.82, 2.24) is 5.32 Å². The van der Waals surface area contributed by atoms with Crippen molar-refractivity contribution in [3.63, 3.8) is 0 Å². The van der Waals surface area contributed by atoms with Gasteiger partial charge in [-0.2, -0.15) is 0 Å². The predicted octanol–water partition coefficient (Wildman–Crippen LogP) is 2.53. The molecule has 1 unspecified atom stereocenters. The van der Waals surface area contributed by atoms with Gasteiger partial charge in [0.25, 0.3) is 6.43 Å². The van der Waals surface area contributed by atoms with Crippen LogP contribution in [0.25, 0.3) is 0 Å². The Kier molecular flexibility index (Phi) is 5.51. The van der Waals surface area contributed by atoms with E-state index >= 15 is 0 Å². The Morgan fingerprint density at radius 2 is 1.76 bits per heavy atom. The van der Waals surface area contributed by atoms with Crippen LogP contribution in [0.2, 0.25) is 0 Å². The molecule has 1 aromatic rings. The first-order chi connectivity index (χ1) is 8.00. The number of benzene rings is 1. The third-order valence-corrected chi connectivity index (χ3v) is 2.62. The third-order valence-electron chi connectivity index (χ3n) is 2.62. The van der Waals surface area contributed by atoms with E-state index in [2.05, 4.69) is 19.2 Å². The average Bonchev–Trinajstić information content (AvgIpc) is 2.29. The molecule has 0 aliphatic rings. The zero-order valence-electron chi connectivity index (χ0n) is 10.2. The molecule has 0 saturated heterocycles. The number of aliphatic hydroxyl groups excluding tert-OH is 1. The van der Waals surface area contributed by atoms with Gasteiger partial charge in [0.2, 0.25) is 0 Å². The molecule has 0 spiro atoms. The SMILES string of the molecule is CC(C)c1ccc(CNCC(O)C(F)F)cc1. The fraction of sp³-hybridized carbons (Fsp3) is 0.538. The highest BCUT2D eigenvalue weighted by atomic mass is 19.3. The first-order valence-corrected chi connectivity index (χ1v) is 5.76. The number of hydrogen-bond acceptors (Lipinski definition) is 2. The zero-order chi connectivity index (χ0) is 12.8. The lowest BCUT2D eigenvalue weighted by atomic mass is 10.0. The van der Waals surface area contributed by atoms with Crippen molar-refractivity contribution in [2.75, 3.05) is 6.54 Å². The molecule has 1 rings (SSSR count). The number of nitrogens with one attached hydrogen (secondary N) is 1. The predicted molar refractivity (Wildman–Crippen MR) is 64.2 cm³/mol. The Balaban J connectivity index is 2.37. The van der Waals surface area contributed by atoms with Crippen LogP contribution in [-0.4, -0.2) is 24.2 Å². The Morgan fingerprint density at radius 3 is 2.24 bits per heavy atom. The van der Waals surface area contributed by atoms with Crippen LogP contribution in [0, 0.1) is 0 Å². The molecule has 96 valence electrons. The Bertz CT molecular complexity index is 325. The molecule has 0 bridgehead atoms. The lowest BCUT2D eigenvalue weighted by Gasteiger charge is -2.11. The van der Waals surface area contributed by atoms with Crippen LogP contribution in [0.4, 0.5) is 8.78 Å². The maximum atomic E-state index is 12.0. The van der Waals surface area contributed by atoms with Gasteiger partial charge in [0, 0.05) is 13.1 Å². The maximum absolute atomic E-state index is 12.0. The van der Waals surface area contributed by atoms with Crippen LogP contribution >= 0.6 is 0 Å². The van der Waals surface area contributed by atoms with Crippen molar-refractivity contribution >= 4 is 0 Å². The second-order valence-electron chi connectivity index (χ2n) is 4.43. The maximum Gasteiger partial charge on any atom is 0.265 e. The largest absolute Gasteiger partial charge is 0.386 e. The monoisotopic (exact) mass is 243 g/mol. The van der Waals surface area contributed by atoms with Gasteiger partial charge in [-0.1, -0.05) is 38.1 Å². The molecule has 1 aromatic carbocycles. The van der Waals surface area contributed by atoms with E-state index < -0.39 is 12.5 Å². The standard InChI is InChI=1S/C13H19F2NO/c1-9(2)11-5-3-10(4-6-11)7-16-8-12(17)13(14)15/h3-6,9,12-13,16-17H,7-8H2,1-2H3. The number of alkyl halides is 2. The fourth-order valence-corrected chi connectivity index (χ4v) is 1.47. The van der Waals surface area contributed by atoms with Crippen molar-refractivity contribution in [1.29, 1.82) is 0 Å². The normalized spacial score (nSPS) is 13.4. The number of rotatable bonds is 6. The van der Waals surface area contributed by atoms with Gasteiger partial charge in [-0.3, -0.25) is 0 Å². The first-order valence-electron chi connectivity index (χ1n) is 5.76. The summed E-state index contributed by atoms with van der Waals surface area (Å²) in [6.07, 6.45) is -4.28. The molecule has 0 fully saturated rings. The van der Waals surface area contributed by atoms with Crippen molar-refractivity contribution in [3.8, 4) is 0 Å². The molecule has 0 radical (unpaired) electrons. The quantitative estimate of drug-likeness (QED) is 0.804. The van der Waals surface area contributed by atoms with Gasteiger partial charge in [-0.25, -0.2) is 8.78 Å². The van der Waals surface area contributed by atoms with Crippen LogP contribution in [0.5, 0.6) is 0 Å². The minimum atomic E-state index is -2.69. The van der Waals surface area contributed by atoms with Gasteiger partial charge < -0.3 is 10.4 Å². The lowest BCUT2D eigenvalue weighted by Crippen LogP contribution is -2.31. The third kappa shape index (κ3) is 4.79. The van der Waals surface area contributed by atoms with E-state index in [0.29, 0.717) is 12.5 Å².